The Hall–Kier alpha value is -2.17. The minimum atomic E-state index is -0.212. The Kier molecular flexibility index (Phi) is 3.64. The maximum absolute atomic E-state index is 12.4. The second-order valence-corrected chi connectivity index (χ2v) is 4.26. The van der Waals surface area contributed by atoms with Crippen molar-refractivity contribution < 1.29 is 9.59 Å². The number of hydrogen-bond donors (Lipinski definition) is 0. The highest BCUT2D eigenvalue weighted by molar-refractivity contribution is 6.01. The van der Waals surface area contributed by atoms with Gasteiger partial charge in [0.2, 0.25) is 11.7 Å². The van der Waals surface area contributed by atoms with E-state index in [9.17, 15) is 9.59 Å². The highest BCUT2D eigenvalue weighted by Gasteiger charge is 2.23. The van der Waals surface area contributed by atoms with Crippen molar-refractivity contribution in [2.75, 3.05) is 13.1 Å². The smallest absolute Gasteiger partial charge is 0.290 e. The van der Waals surface area contributed by atoms with Crippen LogP contribution in [0.4, 0.5) is 0 Å². The summed E-state index contributed by atoms with van der Waals surface area (Å²) in [4.78, 5) is 30.1. The minimum absolute atomic E-state index is 0.192. The van der Waals surface area contributed by atoms with Gasteiger partial charge in [-0.3, -0.25) is 14.2 Å². The van der Waals surface area contributed by atoms with Gasteiger partial charge in [-0.25, -0.2) is 4.98 Å². The van der Waals surface area contributed by atoms with Gasteiger partial charge in [0.15, 0.2) is 0 Å². The molecule has 0 unspecified atom stereocenters. The van der Waals surface area contributed by atoms with Crippen LogP contribution in [-0.4, -0.2) is 39.4 Å². The van der Waals surface area contributed by atoms with Gasteiger partial charge < -0.3 is 4.90 Å². The summed E-state index contributed by atoms with van der Waals surface area (Å²) in [5.74, 6) is -0.224. The third-order valence-electron chi connectivity index (χ3n) is 3.12. The van der Waals surface area contributed by atoms with Crippen LogP contribution in [0.25, 0.3) is 11.0 Å². The van der Waals surface area contributed by atoms with E-state index >= 15 is 0 Å². The number of hydrogen-bond acceptors (Lipinski definition) is 3. The van der Waals surface area contributed by atoms with Crippen LogP contribution in [0.1, 0.15) is 36.2 Å². The van der Waals surface area contributed by atoms with Crippen LogP contribution in [0.5, 0.6) is 0 Å². The first kappa shape index (κ1) is 13.3. The van der Waals surface area contributed by atoms with Crippen LogP contribution in [0.2, 0.25) is 0 Å². The van der Waals surface area contributed by atoms with Gasteiger partial charge in [0, 0.05) is 20.0 Å². The maximum Gasteiger partial charge on any atom is 0.290 e. The zero-order valence-electron chi connectivity index (χ0n) is 11.4. The van der Waals surface area contributed by atoms with Gasteiger partial charge >= 0.3 is 0 Å². The van der Waals surface area contributed by atoms with E-state index in [-0.39, 0.29) is 17.6 Å². The fourth-order valence-electron chi connectivity index (χ4n) is 2.14. The van der Waals surface area contributed by atoms with Crippen molar-refractivity contribution in [2.24, 2.45) is 0 Å². The lowest BCUT2D eigenvalue weighted by atomic mass is 10.3. The molecule has 0 radical (unpaired) electrons. The molecule has 0 saturated heterocycles. The Balaban J connectivity index is 2.62. The number of amides is 1. The first-order chi connectivity index (χ1) is 9.10. The Morgan fingerprint density at radius 2 is 1.84 bits per heavy atom. The highest BCUT2D eigenvalue weighted by Crippen LogP contribution is 2.17. The fourth-order valence-corrected chi connectivity index (χ4v) is 2.14. The summed E-state index contributed by atoms with van der Waals surface area (Å²) >= 11 is 0. The van der Waals surface area contributed by atoms with Gasteiger partial charge in [-0.1, -0.05) is 12.1 Å². The number of nitrogens with zero attached hydrogens (tertiary/aromatic N) is 3. The number of fused-ring (bicyclic) bond motifs is 1. The largest absolute Gasteiger partial charge is 0.337 e. The molecule has 2 rings (SSSR count). The lowest BCUT2D eigenvalue weighted by Gasteiger charge is -2.18. The van der Waals surface area contributed by atoms with Crippen molar-refractivity contribution in [1.29, 1.82) is 0 Å². The topological polar surface area (TPSA) is 55.2 Å². The summed E-state index contributed by atoms with van der Waals surface area (Å²) in [5.41, 5.74) is 1.33. The van der Waals surface area contributed by atoms with Crippen molar-refractivity contribution in [3.63, 3.8) is 0 Å². The highest BCUT2D eigenvalue weighted by atomic mass is 16.2. The molecule has 1 aromatic carbocycles. The zero-order chi connectivity index (χ0) is 14.0. The molecule has 1 heterocycles. The molecule has 0 saturated carbocycles. The lowest BCUT2D eigenvalue weighted by molar-refractivity contribution is 0.0743. The Bertz CT molecular complexity index is 627. The molecule has 1 aromatic heterocycles. The predicted octanol–water partition coefficient (Wildman–Crippen LogP) is 2.18. The van der Waals surface area contributed by atoms with Gasteiger partial charge in [0.1, 0.15) is 0 Å². The van der Waals surface area contributed by atoms with Crippen molar-refractivity contribution in [1.82, 2.24) is 14.5 Å². The lowest BCUT2D eigenvalue weighted by Crippen LogP contribution is -2.33. The van der Waals surface area contributed by atoms with E-state index in [1.165, 1.54) is 11.5 Å². The standard InChI is InChI=1S/C14H17N3O2/c1-4-16(5-2)14(19)13-15-11-8-6-7-9-12(11)17(13)10(3)18/h6-9H,4-5H2,1-3H3. The average molecular weight is 259 g/mol. The van der Waals surface area contributed by atoms with Crippen molar-refractivity contribution in [3.05, 3.63) is 30.1 Å². The molecule has 0 aliphatic heterocycles. The van der Waals surface area contributed by atoms with E-state index in [2.05, 4.69) is 4.98 Å². The van der Waals surface area contributed by atoms with Crippen molar-refractivity contribution in [3.8, 4) is 0 Å². The summed E-state index contributed by atoms with van der Waals surface area (Å²) in [5, 5.41) is 0. The molecular formula is C14H17N3O2. The van der Waals surface area contributed by atoms with Gasteiger partial charge in [-0.2, -0.15) is 0 Å². The average Bonchev–Trinajstić information content (AvgIpc) is 2.79. The quantitative estimate of drug-likeness (QED) is 0.849. The van der Waals surface area contributed by atoms with E-state index in [0.717, 1.165) is 0 Å². The number of aromatic nitrogens is 2. The van der Waals surface area contributed by atoms with Crippen LogP contribution in [-0.2, 0) is 0 Å². The monoisotopic (exact) mass is 259 g/mol. The number of imidazole rings is 1. The van der Waals surface area contributed by atoms with Gasteiger partial charge in [-0.15, -0.1) is 0 Å². The number of rotatable bonds is 3. The molecular weight excluding hydrogens is 242 g/mol. The number of carbonyl (C=O) groups is 2. The Labute approximate surface area is 111 Å². The fraction of sp³-hybridized carbons (Fsp3) is 0.357. The van der Waals surface area contributed by atoms with E-state index in [1.807, 2.05) is 26.0 Å². The molecule has 0 bridgehead atoms. The predicted molar refractivity (Wildman–Crippen MR) is 73.3 cm³/mol. The molecule has 5 nitrogen and oxygen atoms in total. The van der Waals surface area contributed by atoms with E-state index in [4.69, 9.17) is 0 Å². The molecule has 0 fully saturated rings. The van der Waals surface area contributed by atoms with Gasteiger partial charge in [-0.05, 0) is 26.0 Å². The normalized spacial score (nSPS) is 10.7. The number of benzene rings is 1. The summed E-state index contributed by atoms with van der Waals surface area (Å²) in [6, 6.07) is 7.26. The van der Waals surface area contributed by atoms with Gasteiger partial charge in [0.05, 0.1) is 11.0 Å². The summed E-state index contributed by atoms with van der Waals surface area (Å²) in [6.45, 7) is 6.43. The molecule has 0 aliphatic carbocycles. The minimum Gasteiger partial charge on any atom is -0.337 e. The Morgan fingerprint density at radius 1 is 1.21 bits per heavy atom. The molecule has 100 valence electrons. The molecule has 5 heteroatoms. The SMILES string of the molecule is CCN(CC)C(=O)c1nc2ccccc2n1C(C)=O. The van der Waals surface area contributed by atoms with Crippen LogP contribution in [0.15, 0.2) is 24.3 Å². The maximum atomic E-state index is 12.4. The number of para-hydroxylation sites is 2. The molecule has 0 aliphatic rings. The van der Waals surface area contributed by atoms with Crippen molar-refractivity contribution in [2.45, 2.75) is 20.8 Å². The second-order valence-electron chi connectivity index (χ2n) is 4.26. The third kappa shape index (κ3) is 2.23. The van der Waals surface area contributed by atoms with E-state index in [0.29, 0.717) is 24.1 Å². The van der Waals surface area contributed by atoms with Crippen LogP contribution in [0.3, 0.4) is 0 Å². The summed E-state index contributed by atoms with van der Waals surface area (Å²) < 4.78 is 1.38. The van der Waals surface area contributed by atoms with Gasteiger partial charge in [0.25, 0.3) is 5.91 Å². The van der Waals surface area contributed by atoms with Crippen molar-refractivity contribution >= 4 is 22.8 Å². The molecule has 1 amide bonds. The third-order valence-corrected chi connectivity index (χ3v) is 3.12. The van der Waals surface area contributed by atoms with Crippen LogP contribution < -0.4 is 0 Å². The van der Waals surface area contributed by atoms with Crippen LogP contribution >= 0.6 is 0 Å². The molecule has 0 atom stereocenters. The summed E-state index contributed by atoms with van der Waals surface area (Å²) in [7, 11) is 0. The summed E-state index contributed by atoms with van der Waals surface area (Å²) in [6.07, 6.45) is 0. The van der Waals surface area contributed by atoms with Crippen LogP contribution in [0, 0.1) is 0 Å². The molecule has 2 aromatic rings. The van der Waals surface area contributed by atoms with E-state index < -0.39 is 0 Å². The molecule has 0 spiro atoms. The second kappa shape index (κ2) is 5.22. The molecule has 19 heavy (non-hydrogen) atoms. The number of carbonyl (C=O) groups excluding carboxylic acids is 2. The Morgan fingerprint density at radius 3 is 2.42 bits per heavy atom. The van der Waals surface area contributed by atoms with E-state index in [1.54, 1.807) is 17.0 Å². The molecule has 0 N–H and O–H groups in total. The zero-order valence-corrected chi connectivity index (χ0v) is 11.4. The first-order valence-electron chi connectivity index (χ1n) is 6.37. The first-order valence-corrected chi connectivity index (χ1v) is 6.37.